The van der Waals surface area contributed by atoms with Gasteiger partial charge in [-0.3, -0.25) is 18.1 Å². The molecular formula is C12H21ClFN4O2S-. The molecule has 1 unspecified atom stereocenters. The van der Waals surface area contributed by atoms with E-state index in [0.29, 0.717) is 18.7 Å². The highest BCUT2D eigenvalue weighted by atomic mass is 35.5. The Hall–Kier alpha value is -0.700. The molecule has 1 aromatic rings. The number of anilines is 1. The van der Waals surface area contributed by atoms with Crippen LogP contribution in [-0.2, 0) is 11.3 Å². The number of nitrogens with zero attached hydrogens (tertiary/aromatic N) is 4. The summed E-state index contributed by atoms with van der Waals surface area (Å²) in [4.78, 5) is 1.86. The minimum absolute atomic E-state index is 0. The van der Waals surface area contributed by atoms with Crippen LogP contribution in [0.15, 0.2) is 12.4 Å². The fraction of sp³-hybridized carbons (Fsp3) is 0.750. The van der Waals surface area contributed by atoms with Crippen LogP contribution in [0.2, 0.25) is 0 Å². The van der Waals surface area contributed by atoms with Crippen molar-refractivity contribution in [2.24, 2.45) is 0 Å². The van der Waals surface area contributed by atoms with E-state index in [-0.39, 0.29) is 31.0 Å². The van der Waals surface area contributed by atoms with E-state index in [1.165, 1.54) is 10.5 Å². The first-order valence-electron chi connectivity index (χ1n) is 6.64. The average molecular weight is 340 g/mol. The fourth-order valence-electron chi connectivity index (χ4n) is 2.41. The summed E-state index contributed by atoms with van der Waals surface area (Å²) in [5.74, 6) is 0. The van der Waals surface area contributed by atoms with Crippen molar-refractivity contribution in [2.75, 3.05) is 24.4 Å². The first-order valence-corrected chi connectivity index (χ1v) is 7.67. The predicted octanol–water partition coefficient (Wildman–Crippen LogP) is 1.53. The summed E-state index contributed by atoms with van der Waals surface area (Å²) in [6.07, 6.45) is 2.70. The lowest BCUT2D eigenvalue weighted by Crippen LogP contribution is -2.39. The van der Waals surface area contributed by atoms with Crippen molar-refractivity contribution in [3.8, 4) is 0 Å². The van der Waals surface area contributed by atoms with Gasteiger partial charge in [-0.1, -0.05) is 0 Å². The lowest BCUT2D eigenvalue weighted by Gasteiger charge is -2.30. The summed E-state index contributed by atoms with van der Waals surface area (Å²) in [7, 11) is 1.81. The topological polar surface area (TPSA) is 64.4 Å². The number of likely N-dealkylation sites (N-methyl/N-ethyl adjacent to an activating group) is 1. The smallest absolute Gasteiger partial charge is 0.114 e. The highest BCUT2D eigenvalue weighted by Gasteiger charge is 2.31. The number of aromatic nitrogens is 2. The first kappa shape index (κ1) is 18.3. The Bertz CT molecular complexity index is 488. The van der Waals surface area contributed by atoms with Gasteiger partial charge in [0.25, 0.3) is 0 Å². The number of halogens is 2. The van der Waals surface area contributed by atoms with Gasteiger partial charge in [0.1, 0.15) is 6.17 Å². The molecule has 2 heterocycles. The Kier molecular flexibility index (Phi) is 6.58. The molecule has 9 heteroatoms. The van der Waals surface area contributed by atoms with Gasteiger partial charge in [0, 0.05) is 42.6 Å². The van der Waals surface area contributed by atoms with Crippen molar-refractivity contribution in [2.45, 2.75) is 38.5 Å². The van der Waals surface area contributed by atoms with Crippen LogP contribution in [0.25, 0.3) is 0 Å². The van der Waals surface area contributed by atoms with Crippen LogP contribution in [0.4, 0.5) is 10.1 Å². The van der Waals surface area contributed by atoms with E-state index in [4.69, 9.17) is 0 Å². The lowest BCUT2D eigenvalue weighted by molar-refractivity contribution is 0.297. The normalized spacial score (nSPS) is 24.1. The van der Waals surface area contributed by atoms with Crippen LogP contribution in [0, 0.1) is 0 Å². The predicted molar refractivity (Wildman–Crippen MR) is 82.1 cm³/mol. The van der Waals surface area contributed by atoms with E-state index < -0.39 is 17.4 Å². The Balaban J connectivity index is 0.00000220. The molecule has 0 radical (unpaired) electrons. The molecule has 1 aliphatic rings. The molecule has 122 valence electrons. The second-order valence-corrected chi connectivity index (χ2v) is 6.35. The minimum atomic E-state index is -2.40. The van der Waals surface area contributed by atoms with Crippen molar-refractivity contribution in [3.63, 3.8) is 0 Å². The van der Waals surface area contributed by atoms with Crippen LogP contribution in [-0.4, -0.2) is 55.8 Å². The summed E-state index contributed by atoms with van der Waals surface area (Å²) in [6.45, 7) is 4.54. The first-order chi connectivity index (χ1) is 9.38. The highest BCUT2D eigenvalue weighted by molar-refractivity contribution is 7.80. The van der Waals surface area contributed by atoms with Crippen LogP contribution in [0.5, 0.6) is 0 Å². The average Bonchev–Trinajstić information content (AvgIpc) is 2.93. The van der Waals surface area contributed by atoms with Crippen molar-refractivity contribution < 1.29 is 13.2 Å². The molecule has 0 amide bonds. The third-order valence-electron chi connectivity index (χ3n) is 3.60. The zero-order valence-corrected chi connectivity index (χ0v) is 13.9. The van der Waals surface area contributed by atoms with E-state index in [9.17, 15) is 13.2 Å². The third-order valence-corrected chi connectivity index (χ3v) is 4.32. The van der Waals surface area contributed by atoms with Gasteiger partial charge >= 0.3 is 0 Å². The minimum Gasteiger partial charge on any atom is -0.755 e. The number of hydrogen-bond acceptors (Lipinski definition) is 4. The summed E-state index contributed by atoms with van der Waals surface area (Å²) < 4.78 is 39.2. The summed E-state index contributed by atoms with van der Waals surface area (Å²) in [6, 6.07) is 0.0559. The monoisotopic (exact) mass is 339 g/mol. The lowest BCUT2D eigenvalue weighted by atomic mass is 10.2. The maximum absolute atomic E-state index is 13.4. The van der Waals surface area contributed by atoms with Gasteiger partial charge in [0.15, 0.2) is 0 Å². The summed E-state index contributed by atoms with van der Waals surface area (Å²) in [5, 5.41) is 4.14. The van der Waals surface area contributed by atoms with Crippen molar-refractivity contribution in [3.05, 3.63) is 12.4 Å². The van der Waals surface area contributed by atoms with Gasteiger partial charge in [0.2, 0.25) is 0 Å². The Morgan fingerprint density at radius 2 is 2.29 bits per heavy atom. The highest BCUT2D eigenvalue weighted by Crippen LogP contribution is 2.23. The SMILES string of the molecule is CC(C)n1cc(N(C[C@@H]2C[C@@H](F)CN2C)S(=O)[O-])cn1.Cl. The van der Waals surface area contributed by atoms with Crippen LogP contribution in [0.1, 0.15) is 26.3 Å². The molecule has 2 rings (SSSR count). The molecular weight excluding hydrogens is 319 g/mol. The molecule has 21 heavy (non-hydrogen) atoms. The van der Waals surface area contributed by atoms with Gasteiger partial charge in [-0.15, -0.1) is 12.4 Å². The van der Waals surface area contributed by atoms with Gasteiger partial charge in [-0.25, -0.2) is 4.39 Å². The maximum atomic E-state index is 13.4. The zero-order chi connectivity index (χ0) is 14.9. The van der Waals surface area contributed by atoms with Crippen LogP contribution < -0.4 is 4.31 Å². The van der Waals surface area contributed by atoms with E-state index in [1.54, 1.807) is 10.9 Å². The largest absolute Gasteiger partial charge is 0.755 e. The number of alkyl halides is 1. The van der Waals surface area contributed by atoms with Gasteiger partial charge in [-0.2, -0.15) is 5.10 Å². The standard InChI is InChI=1S/C12H21FN4O2S.ClH/c1-9(2)16-7-12(5-14-16)17(20(18)19)8-11-4-10(13)6-15(11)3;/h5,7,9-11H,4,6,8H2,1-3H3,(H,18,19);1H/p-1/t10-,11+;/m1./s1. The second kappa shape index (κ2) is 7.53. The fourth-order valence-corrected chi connectivity index (χ4v) is 2.97. The summed E-state index contributed by atoms with van der Waals surface area (Å²) in [5.41, 5.74) is 0.516. The molecule has 1 aliphatic heterocycles. The molecule has 6 nitrogen and oxygen atoms in total. The molecule has 0 bridgehead atoms. The molecule has 0 N–H and O–H groups in total. The Morgan fingerprint density at radius 3 is 2.71 bits per heavy atom. The van der Waals surface area contributed by atoms with Crippen molar-refractivity contribution in [1.29, 1.82) is 0 Å². The molecule has 0 saturated carbocycles. The van der Waals surface area contributed by atoms with E-state index in [1.807, 2.05) is 25.8 Å². The zero-order valence-electron chi connectivity index (χ0n) is 12.3. The number of rotatable bonds is 5. The number of likely N-dealkylation sites (tertiary alicyclic amines) is 1. The Morgan fingerprint density at radius 1 is 1.62 bits per heavy atom. The third kappa shape index (κ3) is 4.38. The van der Waals surface area contributed by atoms with Gasteiger partial charge in [-0.05, 0) is 27.3 Å². The molecule has 1 fully saturated rings. The molecule has 1 saturated heterocycles. The molecule has 0 spiro atoms. The van der Waals surface area contributed by atoms with Gasteiger partial charge in [0.05, 0.1) is 11.9 Å². The Labute approximate surface area is 133 Å². The molecule has 3 atom stereocenters. The van der Waals surface area contributed by atoms with Crippen molar-refractivity contribution >= 4 is 29.4 Å². The maximum Gasteiger partial charge on any atom is 0.114 e. The van der Waals surface area contributed by atoms with Crippen molar-refractivity contribution in [1.82, 2.24) is 14.7 Å². The van der Waals surface area contributed by atoms with Gasteiger partial charge < -0.3 is 4.55 Å². The van der Waals surface area contributed by atoms with Crippen LogP contribution >= 0.6 is 12.4 Å². The van der Waals surface area contributed by atoms with Crippen LogP contribution in [0.3, 0.4) is 0 Å². The quantitative estimate of drug-likeness (QED) is 0.763. The van der Waals surface area contributed by atoms with E-state index >= 15 is 0 Å². The van der Waals surface area contributed by atoms with E-state index in [2.05, 4.69) is 5.10 Å². The molecule has 0 aromatic carbocycles. The van der Waals surface area contributed by atoms with E-state index in [0.717, 1.165) is 0 Å². The second-order valence-electron chi connectivity index (χ2n) is 5.48. The molecule has 0 aliphatic carbocycles. The molecule has 1 aromatic heterocycles. The number of hydrogen-bond donors (Lipinski definition) is 0. The summed E-state index contributed by atoms with van der Waals surface area (Å²) >= 11 is -2.40.